The first-order valence-electron chi connectivity index (χ1n) is 9.26. The lowest BCUT2D eigenvalue weighted by Crippen LogP contribution is -2.00. The Labute approximate surface area is 167 Å². The van der Waals surface area contributed by atoms with Crippen LogP contribution in [0.2, 0.25) is 0 Å². The van der Waals surface area contributed by atoms with Crippen LogP contribution in [0.5, 0.6) is 0 Å². The molecule has 0 aliphatic heterocycles. The highest BCUT2D eigenvalue weighted by Crippen LogP contribution is 2.34. The van der Waals surface area contributed by atoms with Crippen LogP contribution in [0.4, 0.5) is 11.5 Å². The Morgan fingerprint density at radius 2 is 1.79 bits per heavy atom. The number of benzene rings is 2. The van der Waals surface area contributed by atoms with Gasteiger partial charge in [0.05, 0.1) is 11.1 Å². The molecule has 5 aromatic rings. The van der Waals surface area contributed by atoms with Crippen LogP contribution in [0, 0.1) is 20.8 Å². The van der Waals surface area contributed by atoms with E-state index in [1.165, 1.54) is 31.7 Å². The fourth-order valence-corrected chi connectivity index (χ4v) is 4.40. The molecular formula is C23H20N4S. The molecule has 2 aromatic carbocycles. The predicted octanol–water partition coefficient (Wildman–Crippen LogP) is 6.28. The highest BCUT2D eigenvalue weighted by Gasteiger charge is 2.12. The first kappa shape index (κ1) is 17.0. The molecule has 4 nitrogen and oxygen atoms in total. The smallest absolute Gasteiger partial charge is 0.154 e. The summed E-state index contributed by atoms with van der Waals surface area (Å²) in [4.78, 5) is 5.71. The van der Waals surface area contributed by atoms with Gasteiger partial charge in [-0.1, -0.05) is 23.8 Å². The minimum Gasteiger partial charge on any atom is -0.339 e. The van der Waals surface area contributed by atoms with Gasteiger partial charge in [0.15, 0.2) is 11.5 Å². The molecule has 0 saturated carbocycles. The molecule has 0 radical (unpaired) electrons. The zero-order chi connectivity index (χ0) is 19.3. The summed E-state index contributed by atoms with van der Waals surface area (Å²) in [5.74, 6) is 0.798. The van der Waals surface area contributed by atoms with E-state index in [-0.39, 0.29) is 0 Å². The molecule has 5 rings (SSSR count). The van der Waals surface area contributed by atoms with Gasteiger partial charge in [-0.2, -0.15) is 0 Å². The molecule has 28 heavy (non-hydrogen) atoms. The molecule has 3 heterocycles. The number of hydrogen-bond donors (Lipinski definition) is 1. The van der Waals surface area contributed by atoms with Crippen LogP contribution >= 0.6 is 11.3 Å². The predicted molar refractivity (Wildman–Crippen MR) is 118 cm³/mol. The molecule has 0 bridgehead atoms. The van der Waals surface area contributed by atoms with Gasteiger partial charge in [0, 0.05) is 10.4 Å². The topological polar surface area (TPSA) is 42.2 Å². The van der Waals surface area contributed by atoms with Crippen molar-refractivity contribution in [3.8, 4) is 10.6 Å². The number of imidazole rings is 1. The molecule has 0 aliphatic carbocycles. The van der Waals surface area contributed by atoms with Crippen LogP contribution in [0.1, 0.15) is 16.7 Å². The maximum absolute atomic E-state index is 4.80. The average Bonchev–Trinajstić information content (AvgIpc) is 3.27. The third-order valence-corrected chi connectivity index (χ3v) is 6.20. The van der Waals surface area contributed by atoms with Gasteiger partial charge < -0.3 is 5.32 Å². The lowest BCUT2D eigenvalue weighted by atomic mass is 10.1. The monoisotopic (exact) mass is 384 g/mol. The molecule has 0 atom stereocenters. The summed E-state index contributed by atoms with van der Waals surface area (Å²) in [6, 6.07) is 19.1. The van der Waals surface area contributed by atoms with Crippen LogP contribution in [-0.2, 0) is 0 Å². The van der Waals surface area contributed by atoms with Gasteiger partial charge in [0.25, 0.3) is 0 Å². The van der Waals surface area contributed by atoms with Gasteiger partial charge in [0.1, 0.15) is 5.69 Å². The third-order valence-electron chi connectivity index (χ3n) is 5.07. The van der Waals surface area contributed by atoms with Gasteiger partial charge in [0.2, 0.25) is 0 Å². The molecule has 0 aliphatic rings. The molecule has 0 unspecified atom stereocenters. The SMILES string of the molecule is Cc1ccc2sc(-c3cnc4ccc(Nc5ccc(C)c(C)c5)nn34)cc2c1. The summed E-state index contributed by atoms with van der Waals surface area (Å²) in [7, 11) is 0. The van der Waals surface area contributed by atoms with Crippen molar-refractivity contribution in [3.05, 3.63) is 77.5 Å². The fraction of sp³-hybridized carbons (Fsp3) is 0.130. The maximum Gasteiger partial charge on any atom is 0.154 e. The molecule has 0 spiro atoms. The van der Waals surface area contributed by atoms with Crippen LogP contribution < -0.4 is 5.32 Å². The zero-order valence-corrected chi connectivity index (χ0v) is 16.8. The Morgan fingerprint density at radius 1 is 0.893 bits per heavy atom. The Balaban J connectivity index is 1.56. The van der Waals surface area contributed by atoms with Crippen LogP contribution in [0.3, 0.4) is 0 Å². The van der Waals surface area contributed by atoms with Crippen molar-refractivity contribution in [2.75, 3.05) is 5.32 Å². The van der Waals surface area contributed by atoms with Gasteiger partial charge in [-0.3, -0.25) is 0 Å². The van der Waals surface area contributed by atoms with Crippen molar-refractivity contribution < 1.29 is 0 Å². The standard InChI is InChI=1S/C23H20N4S/c1-14-4-7-20-17(10-14)12-21(28-20)19-13-24-23-9-8-22(26-27(19)23)25-18-6-5-15(2)16(3)11-18/h4-13H,1-3H3,(H,25,26). The molecule has 1 N–H and O–H groups in total. The second-order valence-corrected chi connectivity index (χ2v) is 8.29. The number of hydrogen-bond acceptors (Lipinski definition) is 4. The van der Waals surface area contributed by atoms with Crippen molar-refractivity contribution in [2.45, 2.75) is 20.8 Å². The Hall–Kier alpha value is -3.18. The van der Waals surface area contributed by atoms with Crippen LogP contribution in [0.15, 0.2) is 60.8 Å². The number of aromatic nitrogens is 3. The van der Waals surface area contributed by atoms with Crippen molar-refractivity contribution in [2.24, 2.45) is 0 Å². The largest absolute Gasteiger partial charge is 0.339 e. The molecule has 5 heteroatoms. The zero-order valence-electron chi connectivity index (χ0n) is 16.0. The lowest BCUT2D eigenvalue weighted by Gasteiger charge is -2.08. The first-order valence-corrected chi connectivity index (χ1v) is 10.1. The number of rotatable bonds is 3. The molecule has 0 amide bonds. The lowest BCUT2D eigenvalue weighted by molar-refractivity contribution is 0.950. The van der Waals surface area contributed by atoms with E-state index < -0.39 is 0 Å². The van der Waals surface area contributed by atoms with E-state index in [1.807, 2.05) is 22.8 Å². The highest BCUT2D eigenvalue weighted by atomic mass is 32.1. The van der Waals surface area contributed by atoms with E-state index in [0.717, 1.165) is 22.8 Å². The van der Waals surface area contributed by atoms with E-state index in [4.69, 9.17) is 5.10 Å². The van der Waals surface area contributed by atoms with Gasteiger partial charge in [-0.25, -0.2) is 9.50 Å². The number of nitrogens with one attached hydrogen (secondary N) is 1. The van der Waals surface area contributed by atoms with E-state index in [0.29, 0.717) is 0 Å². The van der Waals surface area contributed by atoms with E-state index in [1.54, 1.807) is 11.3 Å². The van der Waals surface area contributed by atoms with Crippen molar-refractivity contribution >= 4 is 38.6 Å². The molecule has 3 aromatic heterocycles. The van der Waals surface area contributed by atoms with E-state index in [2.05, 4.69) is 73.5 Å². The summed E-state index contributed by atoms with van der Waals surface area (Å²) in [5.41, 5.74) is 6.70. The normalized spacial score (nSPS) is 11.4. The second kappa shape index (κ2) is 6.46. The first-order chi connectivity index (χ1) is 13.6. The maximum atomic E-state index is 4.80. The summed E-state index contributed by atoms with van der Waals surface area (Å²) in [5, 5.41) is 9.47. The van der Waals surface area contributed by atoms with Crippen molar-refractivity contribution in [1.82, 2.24) is 14.6 Å². The number of aryl methyl sites for hydroxylation is 3. The third kappa shape index (κ3) is 2.94. The van der Waals surface area contributed by atoms with Crippen LogP contribution in [-0.4, -0.2) is 14.6 Å². The number of nitrogens with zero attached hydrogens (tertiary/aromatic N) is 3. The highest BCUT2D eigenvalue weighted by molar-refractivity contribution is 7.22. The summed E-state index contributed by atoms with van der Waals surface area (Å²) in [6.45, 7) is 6.36. The Kier molecular flexibility index (Phi) is 3.91. The van der Waals surface area contributed by atoms with E-state index >= 15 is 0 Å². The summed E-state index contributed by atoms with van der Waals surface area (Å²) < 4.78 is 3.20. The number of thiophene rings is 1. The molecule has 0 fully saturated rings. The van der Waals surface area contributed by atoms with Crippen molar-refractivity contribution in [3.63, 3.8) is 0 Å². The Morgan fingerprint density at radius 3 is 2.64 bits per heavy atom. The van der Waals surface area contributed by atoms with E-state index in [9.17, 15) is 0 Å². The second-order valence-electron chi connectivity index (χ2n) is 7.21. The average molecular weight is 385 g/mol. The number of fused-ring (bicyclic) bond motifs is 2. The fourth-order valence-electron chi connectivity index (χ4n) is 3.36. The van der Waals surface area contributed by atoms with Gasteiger partial charge >= 0.3 is 0 Å². The minimum absolute atomic E-state index is 0.798. The Bertz CT molecular complexity index is 1330. The van der Waals surface area contributed by atoms with Crippen molar-refractivity contribution in [1.29, 1.82) is 0 Å². The number of anilines is 2. The summed E-state index contributed by atoms with van der Waals surface area (Å²) >= 11 is 1.77. The molecular weight excluding hydrogens is 364 g/mol. The van der Waals surface area contributed by atoms with Gasteiger partial charge in [-0.05, 0) is 73.7 Å². The molecule has 138 valence electrons. The quantitative estimate of drug-likeness (QED) is 0.398. The van der Waals surface area contributed by atoms with Crippen LogP contribution in [0.25, 0.3) is 26.3 Å². The summed E-state index contributed by atoms with van der Waals surface area (Å²) in [6.07, 6.45) is 1.90. The molecule has 0 saturated heterocycles. The van der Waals surface area contributed by atoms with Gasteiger partial charge in [-0.15, -0.1) is 16.4 Å². The minimum atomic E-state index is 0.798.